The minimum atomic E-state index is 0.0785. The lowest BCUT2D eigenvalue weighted by Gasteiger charge is -2.36. The van der Waals surface area contributed by atoms with Crippen LogP contribution in [0, 0.1) is 0 Å². The second-order valence-corrected chi connectivity index (χ2v) is 9.25. The molecule has 152 valence electrons. The Morgan fingerprint density at radius 1 is 1.21 bits per heavy atom. The molecule has 1 aliphatic heterocycles. The molecule has 1 aliphatic carbocycles. The number of aryl methyl sites for hydroxylation is 1. The van der Waals surface area contributed by atoms with Crippen LogP contribution >= 0.6 is 11.3 Å². The number of methoxy groups -OCH3 is 1. The van der Waals surface area contributed by atoms with E-state index in [9.17, 15) is 4.79 Å². The molecule has 3 heterocycles. The lowest BCUT2D eigenvalue weighted by atomic mass is 9.91. The Kier molecular flexibility index (Phi) is 5.14. The zero-order valence-electron chi connectivity index (χ0n) is 16.9. The van der Waals surface area contributed by atoms with E-state index in [1.165, 1.54) is 42.8 Å². The summed E-state index contributed by atoms with van der Waals surface area (Å²) in [6.45, 7) is 2.94. The summed E-state index contributed by atoms with van der Waals surface area (Å²) in [5.41, 5.74) is 2.33. The molecule has 1 atom stereocenters. The quantitative estimate of drug-likeness (QED) is 0.657. The van der Waals surface area contributed by atoms with Gasteiger partial charge in [0.25, 0.3) is 5.56 Å². The Bertz CT molecular complexity index is 1080. The molecule has 2 aliphatic rings. The van der Waals surface area contributed by atoms with Gasteiger partial charge in [-0.15, -0.1) is 11.3 Å². The Hall–Kier alpha value is -2.18. The molecule has 0 N–H and O–H groups in total. The predicted octanol–water partition coefficient (Wildman–Crippen LogP) is 3.86. The molecular weight excluding hydrogens is 382 g/mol. The van der Waals surface area contributed by atoms with Crippen LogP contribution in [0.1, 0.15) is 41.7 Å². The van der Waals surface area contributed by atoms with Gasteiger partial charge < -0.3 is 9.64 Å². The van der Waals surface area contributed by atoms with E-state index in [-0.39, 0.29) is 5.56 Å². The van der Waals surface area contributed by atoms with Gasteiger partial charge in [0.15, 0.2) is 0 Å². The smallest absolute Gasteiger partial charge is 0.262 e. The van der Waals surface area contributed by atoms with Crippen LogP contribution in [0.25, 0.3) is 10.2 Å². The number of hydrogen-bond acceptors (Lipinski definition) is 5. The number of nitrogens with zero attached hydrogens (tertiary/aromatic N) is 3. The number of rotatable bonds is 4. The SMILES string of the molecule is COc1ccccc1Cn1cnc2sc3c(c2c1=O)CC[C@H](N1CCCCC1)C3. The molecule has 0 bridgehead atoms. The fraction of sp³-hybridized carbons (Fsp3) is 0.478. The van der Waals surface area contributed by atoms with E-state index in [0.29, 0.717) is 12.6 Å². The maximum absolute atomic E-state index is 13.3. The number of piperidine rings is 1. The molecule has 0 spiro atoms. The van der Waals surface area contributed by atoms with E-state index in [1.54, 1.807) is 29.3 Å². The van der Waals surface area contributed by atoms with Gasteiger partial charge in [0.1, 0.15) is 10.6 Å². The maximum Gasteiger partial charge on any atom is 0.262 e. The average molecular weight is 410 g/mol. The van der Waals surface area contributed by atoms with Crippen molar-refractivity contribution < 1.29 is 4.74 Å². The summed E-state index contributed by atoms with van der Waals surface area (Å²) in [7, 11) is 1.66. The summed E-state index contributed by atoms with van der Waals surface area (Å²) >= 11 is 1.73. The number of benzene rings is 1. The van der Waals surface area contributed by atoms with Gasteiger partial charge in [-0.05, 0) is 56.8 Å². The first-order valence-electron chi connectivity index (χ1n) is 10.6. The van der Waals surface area contributed by atoms with Crippen molar-refractivity contribution in [2.75, 3.05) is 20.2 Å². The second kappa shape index (κ2) is 7.92. The molecule has 0 radical (unpaired) electrons. The van der Waals surface area contributed by atoms with Crippen LogP contribution in [0.3, 0.4) is 0 Å². The number of aromatic nitrogens is 2. The van der Waals surface area contributed by atoms with Crippen molar-refractivity contribution in [2.45, 2.75) is 51.1 Å². The lowest BCUT2D eigenvalue weighted by molar-refractivity contribution is 0.151. The van der Waals surface area contributed by atoms with E-state index >= 15 is 0 Å². The lowest BCUT2D eigenvalue weighted by Crippen LogP contribution is -2.42. The minimum Gasteiger partial charge on any atom is -0.496 e. The van der Waals surface area contributed by atoms with Gasteiger partial charge in [-0.25, -0.2) is 4.98 Å². The van der Waals surface area contributed by atoms with Crippen molar-refractivity contribution in [3.63, 3.8) is 0 Å². The number of para-hydroxylation sites is 1. The van der Waals surface area contributed by atoms with Gasteiger partial charge in [0, 0.05) is 16.5 Å². The summed E-state index contributed by atoms with van der Waals surface area (Å²) < 4.78 is 7.18. The standard InChI is InChI=1S/C23H27N3O2S/c1-28-19-8-4-3-7-16(19)14-26-15-24-22-21(23(26)27)18-10-9-17(13-20(18)29-22)25-11-5-2-6-12-25/h3-4,7-8,15,17H,2,5-6,9-14H2,1H3/t17-/m0/s1. The van der Waals surface area contributed by atoms with E-state index in [1.807, 2.05) is 24.3 Å². The highest BCUT2D eigenvalue weighted by atomic mass is 32.1. The molecule has 5 nitrogen and oxygen atoms in total. The Morgan fingerprint density at radius 3 is 2.86 bits per heavy atom. The van der Waals surface area contributed by atoms with E-state index < -0.39 is 0 Å². The van der Waals surface area contributed by atoms with Gasteiger partial charge in [-0.3, -0.25) is 9.36 Å². The largest absolute Gasteiger partial charge is 0.496 e. The van der Waals surface area contributed by atoms with Gasteiger partial charge in [0.2, 0.25) is 0 Å². The van der Waals surface area contributed by atoms with Crippen molar-refractivity contribution in [3.05, 3.63) is 57.0 Å². The summed E-state index contributed by atoms with van der Waals surface area (Å²) in [6, 6.07) is 8.48. The molecule has 1 saturated heterocycles. The topological polar surface area (TPSA) is 47.4 Å². The average Bonchev–Trinajstić information content (AvgIpc) is 3.15. The third kappa shape index (κ3) is 3.49. The van der Waals surface area contributed by atoms with Crippen molar-refractivity contribution in [3.8, 4) is 5.75 Å². The van der Waals surface area contributed by atoms with Crippen molar-refractivity contribution in [1.82, 2.24) is 14.5 Å². The summed E-state index contributed by atoms with van der Waals surface area (Å²) in [5.74, 6) is 0.802. The van der Waals surface area contributed by atoms with Gasteiger partial charge in [0.05, 0.1) is 25.4 Å². The van der Waals surface area contributed by atoms with Gasteiger partial charge >= 0.3 is 0 Å². The third-order valence-electron chi connectivity index (χ3n) is 6.45. The molecule has 3 aromatic rings. The van der Waals surface area contributed by atoms with Crippen LogP contribution < -0.4 is 10.3 Å². The molecule has 1 fully saturated rings. The highest BCUT2D eigenvalue weighted by Crippen LogP contribution is 2.35. The zero-order valence-corrected chi connectivity index (χ0v) is 17.7. The van der Waals surface area contributed by atoms with E-state index in [2.05, 4.69) is 9.88 Å². The first-order chi connectivity index (χ1) is 14.2. The first kappa shape index (κ1) is 18.8. The summed E-state index contributed by atoms with van der Waals surface area (Å²) in [5, 5.41) is 0.847. The van der Waals surface area contributed by atoms with Crippen molar-refractivity contribution in [2.24, 2.45) is 0 Å². The fourth-order valence-electron chi connectivity index (χ4n) is 4.91. The second-order valence-electron chi connectivity index (χ2n) is 8.17. The van der Waals surface area contributed by atoms with Crippen LogP contribution in [0.15, 0.2) is 35.4 Å². The highest BCUT2D eigenvalue weighted by Gasteiger charge is 2.29. The number of thiophene rings is 1. The normalized spacial score (nSPS) is 20.0. The third-order valence-corrected chi connectivity index (χ3v) is 7.61. The Labute approximate surface area is 174 Å². The fourth-order valence-corrected chi connectivity index (χ4v) is 6.16. The van der Waals surface area contributed by atoms with Crippen LogP contribution in [0.4, 0.5) is 0 Å². The number of fused-ring (bicyclic) bond motifs is 3. The highest BCUT2D eigenvalue weighted by molar-refractivity contribution is 7.18. The molecule has 5 rings (SSSR count). The number of likely N-dealkylation sites (tertiary alicyclic amines) is 1. The van der Waals surface area contributed by atoms with Crippen LogP contribution in [-0.2, 0) is 19.4 Å². The summed E-state index contributed by atoms with van der Waals surface area (Å²) in [4.78, 5) is 22.9. The summed E-state index contributed by atoms with van der Waals surface area (Å²) in [6.07, 6.45) is 8.93. The number of hydrogen-bond donors (Lipinski definition) is 0. The molecule has 0 saturated carbocycles. The molecule has 29 heavy (non-hydrogen) atoms. The predicted molar refractivity (Wildman–Crippen MR) is 117 cm³/mol. The molecule has 6 heteroatoms. The molecular formula is C23H27N3O2S. The van der Waals surface area contributed by atoms with Crippen LogP contribution in [0.5, 0.6) is 5.75 Å². The molecule has 2 aromatic heterocycles. The maximum atomic E-state index is 13.3. The first-order valence-corrected chi connectivity index (χ1v) is 11.4. The Morgan fingerprint density at radius 2 is 2.03 bits per heavy atom. The van der Waals surface area contributed by atoms with Crippen LogP contribution in [0.2, 0.25) is 0 Å². The van der Waals surface area contributed by atoms with Crippen molar-refractivity contribution >= 4 is 21.6 Å². The van der Waals surface area contributed by atoms with Gasteiger partial charge in [-0.1, -0.05) is 24.6 Å². The molecule has 0 unspecified atom stereocenters. The van der Waals surface area contributed by atoms with Crippen LogP contribution in [-0.4, -0.2) is 40.7 Å². The van der Waals surface area contributed by atoms with E-state index in [0.717, 1.165) is 40.8 Å². The molecule has 1 aromatic carbocycles. The van der Waals surface area contributed by atoms with Gasteiger partial charge in [-0.2, -0.15) is 0 Å². The minimum absolute atomic E-state index is 0.0785. The van der Waals surface area contributed by atoms with Crippen molar-refractivity contribution in [1.29, 1.82) is 0 Å². The zero-order chi connectivity index (χ0) is 19.8. The number of ether oxygens (including phenoxy) is 1. The van der Waals surface area contributed by atoms with E-state index in [4.69, 9.17) is 4.74 Å². The Balaban J connectivity index is 1.47. The monoisotopic (exact) mass is 409 g/mol. The molecule has 0 amide bonds.